The molecule has 0 spiro atoms. The van der Waals surface area contributed by atoms with Crippen molar-refractivity contribution in [3.63, 3.8) is 0 Å². The van der Waals surface area contributed by atoms with Gasteiger partial charge in [0.05, 0.1) is 11.9 Å². The van der Waals surface area contributed by atoms with E-state index in [-0.39, 0.29) is 18.9 Å². The summed E-state index contributed by atoms with van der Waals surface area (Å²) in [7, 11) is -2.30. The molecule has 190 valence electrons. The first kappa shape index (κ1) is 27.7. The fraction of sp³-hybridized carbons (Fsp3) is 0.231. The first-order chi connectivity index (χ1) is 17.1. The summed E-state index contributed by atoms with van der Waals surface area (Å²) in [5.41, 5.74) is 1.96. The molecule has 0 saturated heterocycles. The normalized spacial score (nSPS) is 12.0. The highest BCUT2D eigenvalue weighted by molar-refractivity contribution is 9.10. The lowest BCUT2D eigenvalue weighted by molar-refractivity contribution is -0.139. The van der Waals surface area contributed by atoms with E-state index in [1.54, 1.807) is 48.5 Å². The first-order valence-corrected chi connectivity index (χ1v) is 14.1. The Kier molecular flexibility index (Phi) is 9.53. The van der Waals surface area contributed by atoms with Gasteiger partial charge in [0.1, 0.15) is 12.6 Å². The van der Waals surface area contributed by atoms with Crippen LogP contribution in [0.5, 0.6) is 0 Å². The standard InChI is InChI=1S/C26H27BrClN3O4S/c1-29-26(33)24(15-19-7-4-3-5-8-19)30(17-20-11-13-22(28)14-12-20)25(32)18-31(36(2,34)35)23-10-6-9-21(27)16-23/h3-14,16,24H,15,17-18H2,1-2H3,(H,29,33)/t24-/m0/s1. The van der Waals surface area contributed by atoms with Crippen LogP contribution >= 0.6 is 27.5 Å². The van der Waals surface area contributed by atoms with Crippen LogP contribution in [0.25, 0.3) is 0 Å². The average molecular weight is 593 g/mol. The van der Waals surface area contributed by atoms with Gasteiger partial charge in [-0.25, -0.2) is 8.42 Å². The molecule has 1 N–H and O–H groups in total. The van der Waals surface area contributed by atoms with Crippen molar-refractivity contribution in [1.29, 1.82) is 0 Å². The molecule has 3 rings (SSSR count). The molecule has 7 nitrogen and oxygen atoms in total. The minimum absolute atomic E-state index is 0.0943. The zero-order chi connectivity index (χ0) is 26.3. The van der Waals surface area contributed by atoms with E-state index in [4.69, 9.17) is 11.6 Å². The van der Waals surface area contributed by atoms with Gasteiger partial charge in [0.15, 0.2) is 0 Å². The molecule has 0 unspecified atom stereocenters. The van der Waals surface area contributed by atoms with Gasteiger partial charge in [0, 0.05) is 29.5 Å². The van der Waals surface area contributed by atoms with Crippen molar-refractivity contribution in [2.24, 2.45) is 0 Å². The van der Waals surface area contributed by atoms with Gasteiger partial charge in [-0.15, -0.1) is 0 Å². The van der Waals surface area contributed by atoms with E-state index < -0.39 is 28.5 Å². The molecule has 2 amide bonds. The second-order valence-corrected chi connectivity index (χ2v) is 11.5. The average Bonchev–Trinajstić information content (AvgIpc) is 2.85. The van der Waals surface area contributed by atoms with E-state index in [9.17, 15) is 18.0 Å². The van der Waals surface area contributed by atoms with Crippen LogP contribution in [0.4, 0.5) is 5.69 Å². The number of halogens is 2. The topological polar surface area (TPSA) is 86.8 Å². The monoisotopic (exact) mass is 591 g/mol. The Hall–Kier alpha value is -2.88. The number of rotatable bonds is 10. The van der Waals surface area contributed by atoms with Crippen LogP contribution in [-0.4, -0.2) is 51.0 Å². The van der Waals surface area contributed by atoms with E-state index in [2.05, 4.69) is 21.2 Å². The molecule has 0 heterocycles. The van der Waals surface area contributed by atoms with Crippen molar-refractivity contribution in [3.8, 4) is 0 Å². The summed E-state index contributed by atoms with van der Waals surface area (Å²) in [6.45, 7) is -0.373. The SMILES string of the molecule is CNC(=O)[C@H](Cc1ccccc1)N(Cc1ccc(Cl)cc1)C(=O)CN(c1cccc(Br)c1)S(C)(=O)=O. The summed E-state index contributed by atoms with van der Waals surface area (Å²) >= 11 is 9.38. The zero-order valence-corrected chi connectivity index (χ0v) is 23.1. The molecule has 0 aliphatic carbocycles. The van der Waals surface area contributed by atoms with Crippen LogP contribution in [-0.2, 0) is 32.6 Å². The van der Waals surface area contributed by atoms with Crippen LogP contribution in [0.3, 0.4) is 0 Å². The zero-order valence-electron chi connectivity index (χ0n) is 19.9. The molecule has 3 aromatic carbocycles. The van der Waals surface area contributed by atoms with Crippen LogP contribution < -0.4 is 9.62 Å². The van der Waals surface area contributed by atoms with Crippen molar-refractivity contribution in [1.82, 2.24) is 10.2 Å². The summed E-state index contributed by atoms with van der Waals surface area (Å²) in [6, 6.07) is 22.1. The summed E-state index contributed by atoms with van der Waals surface area (Å²) in [5.74, 6) is -0.866. The molecule has 0 saturated carbocycles. The Morgan fingerprint density at radius 1 is 0.972 bits per heavy atom. The van der Waals surface area contributed by atoms with Gasteiger partial charge in [-0.05, 0) is 41.5 Å². The fourth-order valence-corrected chi connectivity index (χ4v) is 5.11. The number of benzene rings is 3. The number of likely N-dealkylation sites (N-methyl/N-ethyl adjacent to an activating group) is 1. The number of hydrogen-bond donors (Lipinski definition) is 1. The van der Waals surface area contributed by atoms with Gasteiger partial charge < -0.3 is 10.2 Å². The van der Waals surface area contributed by atoms with E-state index in [0.717, 1.165) is 21.7 Å². The van der Waals surface area contributed by atoms with E-state index in [1.165, 1.54) is 11.9 Å². The number of nitrogens with zero attached hydrogens (tertiary/aromatic N) is 2. The van der Waals surface area contributed by atoms with Crippen LogP contribution in [0.2, 0.25) is 5.02 Å². The highest BCUT2D eigenvalue weighted by atomic mass is 79.9. The van der Waals surface area contributed by atoms with E-state index in [0.29, 0.717) is 15.2 Å². The molecule has 36 heavy (non-hydrogen) atoms. The van der Waals surface area contributed by atoms with Crippen molar-refractivity contribution >= 4 is 55.1 Å². The molecule has 10 heteroatoms. The highest BCUT2D eigenvalue weighted by Crippen LogP contribution is 2.23. The van der Waals surface area contributed by atoms with Gasteiger partial charge in [-0.3, -0.25) is 13.9 Å². The quantitative estimate of drug-likeness (QED) is 0.381. The van der Waals surface area contributed by atoms with Crippen LogP contribution in [0, 0.1) is 0 Å². The molecule has 0 aliphatic heterocycles. The van der Waals surface area contributed by atoms with Crippen molar-refractivity contribution in [2.75, 3.05) is 24.2 Å². The number of sulfonamides is 1. The minimum atomic E-state index is -3.81. The molecular weight excluding hydrogens is 566 g/mol. The summed E-state index contributed by atoms with van der Waals surface area (Å²) < 4.78 is 27.1. The molecule has 0 aliphatic rings. The highest BCUT2D eigenvalue weighted by Gasteiger charge is 2.32. The Morgan fingerprint density at radius 2 is 1.64 bits per heavy atom. The predicted octanol–water partition coefficient (Wildman–Crippen LogP) is 4.25. The largest absolute Gasteiger partial charge is 0.357 e. The van der Waals surface area contributed by atoms with E-state index in [1.807, 2.05) is 30.3 Å². The number of nitrogens with one attached hydrogen (secondary N) is 1. The smallest absolute Gasteiger partial charge is 0.244 e. The number of hydrogen-bond acceptors (Lipinski definition) is 4. The van der Waals surface area contributed by atoms with Crippen molar-refractivity contribution < 1.29 is 18.0 Å². The molecular formula is C26H27BrClN3O4S. The minimum Gasteiger partial charge on any atom is -0.357 e. The first-order valence-electron chi connectivity index (χ1n) is 11.1. The van der Waals surface area contributed by atoms with Gasteiger partial charge in [-0.2, -0.15) is 0 Å². The lowest BCUT2D eigenvalue weighted by Gasteiger charge is -2.33. The van der Waals surface area contributed by atoms with Gasteiger partial charge in [0.2, 0.25) is 21.8 Å². The third-order valence-electron chi connectivity index (χ3n) is 5.56. The Balaban J connectivity index is 2.01. The number of carbonyl (C=O) groups is 2. The molecule has 0 radical (unpaired) electrons. The lowest BCUT2D eigenvalue weighted by Crippen LogP contribution is -2.52. The lowest BCUT2D eigenvalue weighted by atomic mass is 10.0. The van der Waals surface area contributed by atoms with Crippen molar-refractivity contribution in [2.45, 2.75) is 19.0 Å². The van der Waals surface area contributed by atoms with Gasteiger partial charge >= 0.3 is 0 Å². The molecule has 3 aromatic rings. The predicted molar refractivity (Wildman–Crippen MR) is 146 cm³/mol. The van der Waals surface area contributed by atoms with Crippen LogP contribution in [0.1, 0.15) is 11.1 Å². The Bertz CT molecular complexity index is 1300. The van der Waals surface area contributed by atoms with Crippen LogP contribution in [0.15, 0.2) is 83.3 Å². The number of carbonyl (C=O) groups excluding carboxylic acids is 2. The second-order valence-electron chi connectivity index (χ2n) is 8.22. The fourth-order valence-electron chi connectivity index (χ4n) is 3.75. The Labute approximate surface area is 225 Å². The summed E-state index contributed by atoms with van der Waals surface area (Å²) in [5, 5.41) is 3.19. The second kappa shape index (κ2) is 12.4. The molecule has 1 atom stereocenters. The van der Waals surface area contributed by atoms with Crippen molar-refractivity contribution in [3.05, 3.63) is 99.5 Å². The maximum atomic E-state index is 13.8. The molecule has 0 bridgehead atoms. The molecule has 0 aromatic heterocycles. The third-order valence-corrected chi connectivity index (χ3v) is 7.44. The third kappa shape index (κ3) is 7.56. The number of amides is 2. The van der Waals surface area contributed by atoms with E-state index >= 15 is 0 Å². The van der Waals surface area contributed by atoms with Gasteiger partial charge in [-0.1, -0.05) is 76.1 Å². The molecule has 0 fully saturated rings. The number of anilines is 1. The summed E-state index contributed by atoms with van der Waals surface area (Å²) in [4.78, 5) is 28.2. The maximum absolute atomic E-state index is 13.8. The maximum Gasteiger partial charge on any atom is 0.244 e. The Morgan fingerprint density at radius 3 is 2.22 bits per heavy atom. The summed E-state index contributed by atoms with van der Waals surface area (Å²) in [6.07, 6.45) is 1.31. The van der Waals surface area contributed by atoms with Gasteiger partial charge in [0.25, 0.3) is 0 Å².